The number of thiophene rings is 1. The van der Waals surface area contributed by atoms with Crippen LogP contribution >= 0.6 is 22.7 Å². The minimum Gasteiger partial charge on any atom is -0.457 e. The highest BCUT2D eigenvalue weighted by Crippen LogP contribution is 2.33. The minimum atomic E-state index is -0.567. The van der Waals surface area contributed by atoms with Crippen molar-refractivity contribution in [3.63, 3.8) is 0 Å². The van der Waals surface area contributed by atoms with Crippen molar-refractivity contribution in [1.82, 2.24) is 4.57 Å². The van der Waals surface area contributed by atoms with Crippen LogP contribution in [0.15, 0.2) is 99.2 Å². The summed E-state index contributed by atoms with van der Waals surface area (Å²) < 4.78 is 7.85. The molecule has 2 aromatic carbocycles. The fourth-order valence-corrected chi connectivity index (χ4v) is 5.67. The molecule has 3 heterocycles. The van der Waals surface area contributed by atoms with E-state index in [9.17, 15) is 9.59 Å². The van der Waals surface area contributed by atoms with Gasteiger partial charge in [0, 0.05) is 4.88 Å². The van der Waals surface area contributed by atoms with Crippen LogP contribution in [0.3, 0.4) is 0 Å². The molecule has 1 atom stereocenters. The molecule has 2 aromatic heterocycles. The smallest absolute Gasteiger partial charge is 0.338 e. The average molecular weight is 473 g/mol. The fourth-order valence-electron chi connectivity index (χ4n) is 3.80. The van der Waals surface area contributed by atoms with E-state index < -0.39 is 12.0 Å². The second kappa shape index (κ2) is 9.13. The van der Waals surface area contributed by atoms with Gasteiger partial charge in [-0.2, -0.15) is 0 Å². The Morgan fingerprint density at radius 1 is 1.06 bits per heavy atom. The topological polar surface area (TPSA) is 60.7 Å². The molecule has 0 radical (unpaired) electrons. The Labute approximate surface area is 198 Å². The summed E-state index contributed by atoms with van der Waals surface area (Å²) in [6.45, 7) is 1.96. The first-order valence-electron chi connectivity index (χ1n) is 10.4. The van der Waals surface area contributed by atoms with Gasteiger partial charge in [-0.3, -0.25) is 9.36 Å². The van der Waals surface area contributed by atoms with Crippen molar-refractivity contribution in [2.75, 3.05) is 0 Å². The van der Waals surface area contributed by atoms with E-state index in [0.29, 0.717) is 20.6 Å². The Kier molecular flexibility index (Phi) is 5.90. The summed E-state index contributed by atoms with van der Waals surface area (Å²) in [5.41, 5.74) is 2.64. The lowest BCUT2D eigenvalue weighted by Gasteiger charge is -2.23. The van der Waals surface area contributed by atoms with Gasteiger partial charge in [0.1, 0.15) is 12.6 Å². The lowest BCUT2D eigenvalue weighted by molar-refractivity contribution is -0.140. The lowest BCUT2D eigenvalue weighted by atomic mass is 10.0. The standard InChI is InChI=1S/C26H20N2O3S2/c1-17-22(25(30)31-16-19-11-6-3-7-12-19)23(20-13-8-14-32-20)28-24(29)21(33-26(28)27-17)15-18-9-4-2-5-10-18/h2-15,23H,16H2,1H3/b21-15+/t23-/m1/s1. The summed E-state index contributed by atoms with van der Waals surface area (Å²) in [6, 6.07) is 22.5. The summed E-state index contributed by atoms with van der Waals surface area (Å²) in [5, 5.41) is 1.94. The minimum absolute atomic E-state index is 0.159. The van der Waals surface area contributed by atoms with Crippen LogP contribution in [0.5, 0.6) is 0 Å². The van der Waals surface area contributed by atoms with Gasteiger partial charge in [-0.05, 0) is 35.6 Å². The number of benzene rings is 2. The van der Waals surface area contributed by atoms with Crippen LogP contribution in [0.25, 0.3) is 6.08 Å². The molecular weight excluding hydrogens is 452 g/mol. The van der Waals surface area contributed by atoms with Crippen molar-refractivity contribution in [2.24, 2.45) is 4.99 Å². The summed E-state index contributed by atoms with van der Waals surface area (Å²) >= 11 is 2.84. The summed E-state index contributed by atoms with van der Waals surface area (Å²) in [7, 11) is 0. The number of allylic oxidation sites excluding steroid dienone is 1. The van der Waals surface area contributed by atoms with E-state index in [-0.39, 0.29) is 12.2 Å². The van der Waals surface area contributed by atoms with Gasteiger partial charge in [0.05, 0.1) is 15.8 Å². The molecule has 7 heteroatoms. The fraction of sp³-hybridized carbons (Fsp3) is 0.115. The highest BCUT2D eigenvalue weighted by Gasteiger charge is 2.34. The summed E-state index contributed by atoms with van der Waals surface area (Å²) in [6.07, 6.45) is 1.86. The zero-order valence-corrected chi connectivity index (χ0v) is 19.4. The second-order valence-corrected chi connectivity index (χ2v) is 9.56. The molecule has 0 N–H and O–H groups in total. The van der Waals surface area contributed by atoms with Gasteiger partial charge in [-0.25, -0.2) is 9.79 Å². The van der Waals surface area contributed by atoms with Crippen LogP contribution in [-0.4, -0.2) is 10.5 Å². The van der Waals surface area contributed by atoms with Crippen LogP contribution in [0.4, 0.5) is 0 Å². The van der Waals surface area contributed by atoms with Crippen LogP contribution in [0.2, 0.25) is 0 Å². The van der Waals surface area contributed by atoms with Gasteiger partial charge in [0.15, 0.2) is 4.80 Å². The Morgan fingerprint density at radius 2 is 1.79 bits per heavy atom. The number of nitrogens with zero attached hydrogens (tertiary/aromatic N) is 2. The predicted octanol–water partition coefficient (Wildman–Crippen LogP) is 4.04. The second-order valence-electron chi connectivity index (χ2n) is 7.57. The molecule has 0 saturated carbocycles. The van der Waals surface area contributed by atoms with E-state index in [2.05, 4.69) is 4.99 Å². The van der Waals surface area contributed by atoms with Crippen molar-refractivity contribution >= 4 is 34.7 Å². The predicted molar refractivity (Wildman–Crippen MR) is 131 cm³/mol. The van der Waals surface area contributed by atoms with Gasteiger partial charge in [-0.15, -0.1) is 11.3 Å². The molecule has 0 aliphatic carbocycles. The number of esters is 1. The van der Waals surface area contributed by atoms with Crippen molar-refractivity contribution in [2.45, 2.75) is 19.6 Å². The maximum absolute atomic E-state index is 13.5. The summed E-state index contributed by atoms with van der Waals surface area (Å²) in [4.78, 5) is 32.8. The molecule has 0 bridgehead atoms. The highest BCUT2D eigenvalue weighted by atomic mass is 32.1. The van der Waals surface area contributed by atoms with E-state index >= 15 is 0 Å². The van der Waals surface area contributed by atoms with Gasteiger partial charge < -0.3 is 4.74 Å². The number of fused-ring (bicyclic) bond motifs is 1. The number of rotatable bonds is 5. The van der Waals surface area contributed by atoms with Gasteiger partial charge in [0.2, 0.25) is 0 Å². The van der Waals surface area contributed by atoms with E-state index in [4.69, 9.17) is 4.74 Å². The number of aromatic nitrogens is 1. The Hall–Kier alpha value is -3.55. The normalized spacial score (nSPS) is 15.8. The van der Waals surface area contributed by atoms with Gasteiger partial charge in [0.25, 0.3) is 5.56 Å². The van der Waals surface area contributed by atoms with E-state index in [1.807, 2.05) is 84.3 Å². The van der Waals surface area contributed by atoms with E-state index in [0.717, 1.165) is 16.0 Å². The van der Waals surface area contributed by atoms with Gasteiger partial charge in [-0.1, -0.05) is 78.1 Å². The molecule has 0 fully saturated rings. The Balaban J connectivity index is 1.59. The average Bonchev–Trinajstić information content (AvgIpc) is 3.47. The lowest BCUT2D eigenvalue weighted by Crippen LogP contribution is -2.39. The zero-order chi connectivity index (χ0) is 22.8. The number of ether oxygens (including phenoxy) is 1. The number of carbonyl (C=O) groups is 1. The quantitative estimate of drug-likeness (QED) is 0.412. The first kappa shape index (κ1) is 21.3. The summed E-state index contributed by atoms with van der Waals surface area (Å²) in [5.74, 6) is -0.462. The molecule has 0 amide bonds. The van der Waals surface area contributed by atoms with Crippen LogP contribution < -0.4 is 14.9 Å². The molecule has 1 aliphatic heterocycles. The van der Waals surface area contributed by atoms with Crippen LogP contribution in [0.1, 0.15) is 29.0 Å². The molecule has 0 saturated heterocycles. The molecule has 1 aliphatic rings. The van der Waals surface area contributed by atoms with Crippen molar-refractivity contribution in [3.8, 4) is 0 Å². The maximum Gasteiger partial charge on any atom is 0.338 e. The highest BCUT2D eigenvalue weighted by molar-refractivity contribution is 7.10. The number of carbonyl (C=O) groups excluding carboxylic acids is 1. The van der Waals surface area contributed by atoms with Crippen LogP contribution in [0, 0.1) is 0 Å². The largest absolute Gasteiger partial charge is 0.457 e. The van der Waals surface area contributed by atoms with Crippen molar-refractivity contribution in [1.29, 1.82) is 0 Å². The van der Waals surface area contributed by atoms with Crippen molar-refractivity contribution < 1.29 is 9.53 Å². The maximum atomic E-state index is 13.5. The molecule has 0 unspecified atom stereocenters. The zero-order valence-electron chi connectivity index (χ0n) is 17.8. The Bertz CT molecular complexity index is 1500. The Morgan fingerprint density at radius 3 is 2.48 bits per heavy atom. The third kappa shape index (κ3) is 4.25. The van der Waals surface area contributed by atoms with Gasteiger partial charge >= 0.3 is 5.97 Å². The number of hydrogen-bond acceptors (Lipinski definition) is 6. The first-order valence-corrected chi connectivity index (χ1v) is 12.1. The third-order valence-electron chi connectivity index (χ3n) is 5.36. The van der Waals surface area contributed by atoms with E-state index in [1.165, 1.54) is 22.7 Å². The van der Waals surface area contributed by atoms with E-state index in [1.54, 1.807) is 11.5 Å². The van der Waals surface area contributed by atoms with Crippen LogP contribution in [-0.2, 0) is 16.1 Å². The molecular formula is C26H20N2O3S2. The van der Waals surface area contributed by atoms with Crippen molar-refractivity contribution in [3.05, 3.63) is 125 Å². The number of hydrogen-bond donors (Lipinski definition) is 0. The molecule has 33 heavy (non-hydrogen) atoms. The number of thiazole rings is 1. The monoisotopic (exact) mass is 472 g/mol. The molecule has 4 aromatic rings. The third-order valence-corrected chi connectivity index (χ3v) is 7.27. The first-order chi connectivity index (χ1) is 16.1. The molecule has 164 valence electrons. The molecule has 5 nitrogen and oxygen atoms in total. The molecule has 0 spiro atoms. The molecule has 5 rings (SSSR count). The SMILES string of the molecule is CC1=C(C(=O)OCc2ccccc2)[C@@H](c2cccs2)n2c(s/c(=C/c3ccccc3)c2=O)=N1.